The lowest BCUT2D eigenvalue weighted by Crippen LogP contribution is -2.32. The van der Waals surface area contributed by atoms with Crippen molar-refractivity contribution in [2.24, 2.45) is 5.92 Å². The molecule has 25 heavy (non-hydrogen) atoms. The van der Waals surface area contributed by atoms with Gasteiger partial charge in [0.2, 0.25) is 5.89 Å². The van der Waals surface area contributed by atoms with Gasteiger partial charge in [0.15, 0.2) is 5.82 Å². The van der Waals surface area contributed by atoms with Crippen LogP contribution in [0.15, 0.2) is 29.0 Å². The summed E-state index contributed by atoms with van der Waals surface area (Å²) < 4.78 is 10.4. The fourth-order valence-corrected chi connectivity index (χ4v) is 3.64. The molecule has 0 aromatic carbocycles. The number of hydrogen-bond acceptors (Lipinski definition) is 7. The minimum absolute atomic E-state index is 0.0681. The summed E-state index contributed by atoms with van der Waals surface area (Å²) in [6.07, 6.45) is 4.98. The molecule has 136 valence electrons. The van der Waals surface area contributed by atoms with Gasteiger partial charge in [0.1, 0.15) is 6.61 Å². The average Bonchev–Trinajstić information content (AvgIpc) is 3.22. The number of hydrogen-bond donors (Lipinski definition) is 0. The molecule has 0 saturated carbocycles. The second-order valence-corrected chi connectivity index (χ2v) is 6.86. The first-order valence-corrected chi connectivity index (χ1v) is 8.72. The van der Waals surface area contributed by atoms with Crippen LogP contribution in [0.1, 0.15) is 42.7 Å². The second kappa shape index (κ2) is 8.03. The predicted octanol–water partition coefficient (Wildman–Crippen LogP) is 2.30. The van der Waals surface area contributed by atoms with E-state index in [1.807, 2.05) is 18.5 Å². The molecular weight excluding hydrogens is 318 g/mol. The van der Waals surface area contributed by atoms with Crippen molar-refractivity contribution in [2.75, 3.05) is 34.3 Å². The molecule has 0 radical (unpaired) electrons. The van der Waals surface area contributed by atoms with Gasteiger partial charge < -0.3 is 9.26 Å². The van der Waals surface area contributed by atoms with Crippen LogP contribution in [0.2, 0.25) is 0 Å². The maximum Gasteiger partial charge on any atom is 0.243 e. The van der Waals surface area contributed by atoms with Crippen molar-refractivity contribution >= 4 is 0 Å². The molecule has 0 aliphatic carbocycles. The number of nitrogens with zero attached hydrogens (tertiary/aromatic N) is 5. The van der Waals surface area contributed by atoms with Crippen LogP contribution in [0.5, 0.6) is 0 Å². The summed E-state index contributed by atoms with van der Waals surface area (Å²) in [5, 5.41) is 3.96. The Morgan fingerprint density at radius 3 is 3.04 bits per heavy atom. The standard InChI is InChI=1S/C18H27N5O2/c1-13(18-20-16(12-24-4)21-25-18)23(3)11-15-7-9-22(2)17(15)14-6-5-8-19-10-14/h5-6,8,10,13,15,17H,7,9,11-12H2,1-4H3/t13-,15-,17-/m0/s1. The van der Waals surface area contributed by atoms with Gasteiger partial charge in [-0.3, -0.25) is 14.8 Å². The fourth-order valence-electron chi connectivity index (χ4n) is 3.64. The van der Waals surface area contributed by atoms with E-state index in [9.17, 15) is 0 Å². The van der Waals surface area contributed by atoms with E-state index in [-0.39, 0.29) is 6.04 Å². The molecule has 0 N–H and O–H groups in total. The maximum absolute atomic E-state index is 5.39. The van der Waals surface area contributed by atoms with Gasteiger partial charge >= 0.3 is 0 Å². The van der Waals surface area contributed by atoms with Crippen molar-refractivity contribution in [2.45, 2.75) is 32.0 Å². The first kappa shape index (κ1) is 18.0. The van der Waals surface area contributed by atoms with Crippen molar-refractivity contribution in [3.63, 3.8) is 0 Å². The summed E-state index contributed by atoms with van der Waals surface area (Å²) in [7, 11) is 5.93. The molecule has 1 fully saturated rings. The Balaban J connectivity index is 1.67. The first-order chi connectivity index (χ1) is 12.1. The Labute approximate surface area is 149 Å². The third-order valence-corrected chi connectivity index (χ3v) is 5.10. The van der Waals surface area contributed by atoms with Gasteiger partial charge in [0.05, 0.1) is 6.04 Å². The third-order valence-electron chi connectivity index (χ3n) is 5.10. The molecule has 7 heteroatoms. The summed E-state index contributed by atoms with van der Waals surface area (Å²) in [6.45, 7) is 4.54. The van der Waals surface area contributed by atoms with Crippen LogP contribution in [0.25, 0.3) is 0 Å². The molecule has 3 rings (SSSR count). The third kappa shape index (κ3) is 4.05. The zero-order valence-electron chi connectivity index (χ0n) is 15.4. The Morgan fingerprint density at radius 2 is 2.32 bits per heavy atom. The molecule has 1 aliphatic rings. The molecule has 7 nitrogen and oxygen atoms in total. The minimum atomic E-state index is 0.0681. The van der Waals surface area contributed by atoms with Gasteiger partial charge in [-0.05, 0) is 51.5 Å². The molecule has 0 amide bonds. The largest absolute Gasteiger partial charge is 0.377 e. The SMILES string of the molecule is COCc1noc([C@H](C)N(C)C[C@@H]2CCN(C)[C@H]2c2cccnc2)n1. The number of likely N-dealkylation sites (tertiary alicyclic amines) is 1. The average molecular weight is 345 g/mol. The molecular formula is C18H27N5O2. The summed E-state index contributed by atoms with van der Waals surface area (Å²) in [4.78, 5) is 13.4. The van der Waals surface area contributed by atoms with E-state index >= 15 is 0 Å². The molecule has 3 heterocycles. The monoisotopic (exact) mass is 345 g/mol. The summed E-state index contributed by atoms with van der Waals surface area (Å²) in [5.74, 6) is 1.77. The van der Waals surface area contributed by atoms with Crippen LogP contribution in [-0.2, 0) is 11.3 Å². The second-order valence-electron chi connectivity index (χ2n) is 6.86. The van der Waals surface area contributed by atoms with E-state index in [1.165, 1.54) is 12.0 Å². The Kier molecular flexibility index (Phi) is 5.78. The van der Waals surface area contributed by atoms with Gasteiger partial charge in [-0.1, -0.05) is 11.2 Å². The highest BCUT2D eigenvalue weighted by molar-refractivity contribution is 5.17. The van der Waals surface area contributed by atoms with E-state index < -0.39 is 0 Å². The normalized spacial score (nSPS) is 22.6. The molecule has 0 unspecified atom stereocenters. The number of ether oxygens (including phenoxy) is 1. The number of methoxy groups -OCH3 is 1. The Morgan fingerprint density at radius 1 is 1.48 bits per heavy atom. The van der Waals surface area contributed by atoms with Crippen LogP contribution in [-0.4, -0.2) is 59.2 Å². The molecule has 3 atom stereocenters. The molecule has 1 saturated heterocycles. The summed E-state index contributed by atoms with van der Waals surface area (Å²) in [6, 6.07) is 4.65. The van der Waals surface area contributed by atoms with Crippen LogP contribution in [0, 0.1) is 5.92 Å². The van der Waals surface area contributed by atoms with E-state index in [4.69, 9.17) is 9.26 Å². The van der Waals surface area contributed by atoms with E-state index in [0.29, 0.717) is 30.3 Å². The van der Waals surface area contributed by atoms with Crippen molar-refractivity contribution in [3.8, 4) is 0 Å². The van der Waals surface area contributed by atoms with Crippen LogP contribution < -0.4 is 0 Å². The van der Waals surface area contributed by atoms with Gasteiger partial charge in [0, 0.05) is 32.1 Å². The van der Waals surface area contributed by atoms with E-state index in [0.717, 1.165) is 13.1 Å². The highest BCUT2D eigenvalue weighted by Gasteiger charge is 2.35. The Bertz CT molecular complexity index is 662. The smallest absolute Gasteiger partial charge is 0.243 e. The first-order valence-electron chi connectivity index (χ1n) is 8.72. The quantitative estimate of drug-likeness (QED) is 0.762. The van der Waals surface area contributed by atoms with Crippen LogP contribution in [0.3, 0.4) is 0 Å². The topological polar surface area (TPSA) is 67.5 Å². The van der Waals surface area contributed by atoms with Crippen LogP contribution >= 0.6 is 0 Å². The van der Waals surface area contributed by atoms with Crippen molar-refractivity contribution in [1.29, 1.82) is 0 Å². The highest BCUT2D eigenvalue weighted by Crippen LogP contribution is 2.37. The lowest BCUT2D eigenvalue weighted by Gasteiger charge is -2.30. The van der Waals surface area contributed by atoms with E-state index in [2.05, 4.69) is 52.0 Å². The van der Waals surface area contributed by atoms with Crippen molar-refractivity contribution < 1.29 is 9.26 Å². The zero-order valence-corrected chi connectivity index (χ0v) is 15.4. The van der Waals surface area contributed by atoms with Crippen molar-refractivity contribution in [1.82, 2.24) is 24.9 Å². The zero-order chi connectivity index (χ0) is 17.8. The number of aromatic nitrogens is 3. The predicted molar refractivity (Wildman–Crippen MR) is 93.8 cm³/mol. The van der Waals surface area contributed by atoms with Gasteiger partial charge in [-0.15, -0.1) is 0 Å². The summed E-state index contributed by atoms with van der Waals surface area (Å²) in [5.41, 5.74) is 1.29. The van der Waals surface area contributed by atoms with Crippen LogP contribution in [0.4, 0.5) is 0 Å². The van der Waals surface area contributed by atoms with E-state index in [1.54, 1.807) is 7.11 Å². The maximum atomic E-state index is 5.39. The van der Waals surface area contributed by atoms with Crippen molar-refractivity contribution in [3.05, 3.63) is 41.8 Å². The fraction of sp³-hybridized carbons (Fsp3) is 0.611. The molecule has 0 bridgehead atoms. The molecule has 2 aromatic rings. The van der Waals surface area contributed by atoms with Gasteiger partial charge in [-0.2, -0.15) is 4.98 Å². The number of pyridine rings is 1. The van der Waals surface area contributed by atoms with Gasteiger partial charge in [0.25, 0.3) is 0 Å². The molecule has 2 aromatic heterocycles. The van der Waals surface area contributed by atoms with Gasteiger partial charge in [-0.25, -0.2) is 0 Å². The lowest BCUT2D eigenvalue weighted by atomic mass is 9.94. The summed E-state index contributed by atoms with van der Waals surface area (Å²) >= 11 is 0. The molecule has 0 spiro atoms. The molecule has 1 aliphatic heterocycles. The lowest BCUT2D eigenvalue weighted by molar-refractivity contribution is 0.160. The minimum Gasteiger partial charge on any atom is -0.377 e. The number of rotatable bonds is 7. The highest BCUT2D eigenvalue weighted by atomic mass is 16.5. The Hall–Kier alpha value is -1.83.